The Morgan fingerprint density at radius 3 is 2.26 bits per heavy atom. The number of benzene rings is 3. The molecule has 35 heavy (non-hydrogen) atoms. The number of aromatic nitrogens is 1. The molecule has 1 heterocycles. The molecule has 1 radical (unpaired) electrons. The summed E-state index contributed by atoms with van der Waals surface area (Å²) in [5, 5.41) is 9.32. The molecule has 0 saturated heterocycles. The molecule has 4 nitrogen and oxygen atoms in total. The number of pyridine rings is 1. The van der Waals surface area contributed by atoms with Crippen molar-refractivity contribution in [3.63, 3.8) is 0 Å². The van der Waals surface area contributed by atoms with Gasteiger partial charge in [0.15, 0.2) is 11.6 Å². The van der Waals surface area contributed by atoms with Gasteiger partial charge in [0.1, 0.15) is 0 Å². The molecule has 4 aromatic rings. The zero-order valence-electron chi connectivity index (χ0n) is 20.3. The molecule has 5 heteroatoms. The topological polar surface area (TPSA) is 67.3 Å². The molecule has 1 aliphatic carbocycles. The van der Waals surface area contributed by atoms with Crippen molar-refractivity contribution in [1.29, 1.82) is 0 Å². The molecule has 0 spiro atoms. The fourth-order valence-electron chi connectivity index (χ4n) is 4.48. The maximum Gasteiger partial charge on any atom is 0.194 e. The molecule has 3 aromatic carbocycles. The van der Waals surface area contributed by atoms with E-state index in [0.717, 1.165) is 55.5 Å². The van der Waals surface area contributed by atoms with Gasteiger partial charge in [-0.15, -0.1) is 34.9 Å². The molecule has 0 atom stereocenters. The maximum atomic E-state index is 13.1. The van der Waals surface area contributed by atoms with Crippen molar-refractivity contribution in [1.82, 2.24) is 4.98 Å². The van der Waals surface area contributed by atoms with E-state index in [9.17, 15) is 9.59 Å². The first-order chi connectivity index (χ1) is 16.2. The van der Waals surface area contributed by atoms with Gasteiger partial charge in [-0.05, 0) is 49.2 Å². The Labute approximate surface area is 219 Å². The Bertz CT molecular complexity index is 1480. The molecule has 1 aromatic heterocycles. The summed E-state index contributed by atoms with van der Waals surface area (Å²) < 4.78 is 0. The van der Waals surface area contributed by atoms with Gasteiger partial charge in [0, 0.05) is 42.7 Å². The van der Waals surface area contributed by atoms with E-state index in [1.165, 1.54) is 25.5 Å². The molecule has 0 unspecified atom stereocenters. The normalized spacial score (nSPS) is 11.8. The van der Waals surface area contributed by atoms with Gasteiger partial charge >= 0.3 is 0 Å². The van der Waals surface area contributed by atoms with Crippen molar-refractivity contribution >= 4 is 22.5 Å². The second-order valence-electron chi connectivity index (χ2n) is 8.73. The number of rotatable bonds is 2. The third-order valence-corrected chi connectivity index (χ3v) is 5.70. The van der Waals surface area contributed by atoms with E-state index in [1.54, 1.807) is 0 Å². The van der Waals surface area contributed by atoms with Gasteiger partial charge in [-0.2, -0.15) is 0 Å². The number of aliphatic hydroxyl groups excluding tert-OH is 1. The van der Waals surface area contributed by atoms with Crippen LogP contribution in [0.25, 0.3) is 33.3 Å². The first-order valence-electron chi connectivity index (χ1n) is 11.1. The number of carbonyl (C=O) groups is 2. The summed E-state index contributed by atoms with van der Waals surface area (Å²) in [6, 6.07) is 21.7. The maximum absolute atomic E-state index is 13.1. The third kappa shape index (κ3) is 5.32. The third-order valence-electron chi connectivity index (χ3n) is 5.70. The fourth-order valence-corrected chi connectivity index (χ4v) is 4.48. The largest absolute Gasteiger partial charge is 0.512 e. The number of aryl methyl sites for hydroxylation is 3. The summed E-state index contributed by atoms with van der Waals surface area (Å²) >= 11 is 0. The van der Waals surface area contributed by atoms with Crippen molar-refractivity contribution in [3.8, 4) is 22.4 Å². The zero-order chi connectivity index (χ0) is 24.6. The van der Waals surface area contributed by atoms with Gasteiger partial charge < -0.3 is 5.11 Å². The molecule has 1 N–H and O–H groups in total. The molecular formula is C30H26IrNO3-. The predicted molar refractivity (Wildman–Crippen MR) is 136 cm³/mol. The standard InChI is InChI=1S/C25H18NO.C5H8O2.Ir/c1-14-10-15(2)12-17(11-14)22-13-20-18-7-4-6-16(3)23(18)25(27)19-8-5-9-21(26-22)24(19)20;1-4(6)3-5(2)7;/h4-11,13H,1-3H3;3,6H,1-2H3;/q-1;;/b;4-3-;. The van der Waals surface area contributed by atoms with E-state index < -0.39 is 0 Å². The molecule has 179 valence electrons. The molecule has 1 aliphatic rings. The summed E-state index contributed by atoms with van der Waals surface area (Å²) in [6.07, 6.45) is 1.17. The molecule has 0 saturated carbocycles. The average Bonchev–Trinajstić information content (AvgIpc) is 2.75. The molecule has 0 fully saturated rings. The Morgan fingerprint density at radius 2 is 1.63 bits per heavy atom. The van der Waals surface area contributed by atoms with Crippen LogP contribution in [-0.4, -0.2) is 21.7 Å². The number of aliphatic hydroxyl groups is 1. The SMILES string of the molecule is CC(=O)/C=C(/C)O.Cc1[c-]c(-c2cc3c4c(cccc4n2)C(=O)c2c(C)cccc2-3)cc(C)c1.[Ir]. The van der Waals surface area contributed by atoms with Gasteiger partial charge in [0.05, 0.1) is 11.3 Å². The Kier molecular flexibility index (Phi) is 7.84. The number of allylic oxidation sites excluding steroid dienone is 2. The number of carbonyl (C=O) groups excluding carboxylic acids is 2. The minimum Gasteiger partial charge on any atom is -0.512 e. The molecule has 0 amide bonds. The first kappa shape index (κ1) is 26.2. The van der Waals surface area contributed by atoms with Crippen LogP contribution < -0.4 is 0 Å². The summed E-state index contributed by atoms with van der Waals surface area (Å²) in [5.41, 5.74) is 9.66. The van der Waals surface area contributed by atoms with Crippen LogP contribution in [0, 0.1) is 26.8 Å². The Hall–Kier alpha value is -3.40. The van der Waals surface area contributed by atoms with Crippen molar-refractivity contribution < 1.29 is 34.8 Å². The quantitative estimate of drug-likeness (QED) is 0.130. The average molecular weight is 641 g/mol. The number of hydrogen-bond donors (Lipinski definition) is 1. The Morgan fingerprint density at radius 1 is 0.943 bits per heavy atom. The van der Waals surface area contributed by atoms with Gasteiger partial charge in [-0.25, -0.2) is 0 Å². The van der Waals surface area contributed by atoms with E-state index in [4.69, 9.17) is 10.1 Å². The summed E-state index contributed by atoms with van der Waals surface area (Å²) in [5.74, 6) is 0.0289. The van der Waals surface area contributed by atoms with Crippen LogP contribution in [0.2, 0.25) is 0 Å². The summed E-state index contributed by atoms with van der Waals surface area (Å²) in [6.45, 7) is 8.99. The van der Waals surface area contributed by atoms with Crippen LogP contribution in [0.1, 0.15) is 46.5 Å². The van der Waals surface area contributed by atoms with Crippen LogP contribution in [0.5, 0.6) is 0 Å². The van der Waals surface area contributed by atoms with Crippen molar-refractivity contribution in [2.75, 3.05) is 0 Å². The number of nitrogens with zero attached hydrogens (tertiary/aromatic N) is 1. The number of hydrogen-bond acceptors (Lipinski definition) is 4. The predicted octanol–water partition coefficient (Wildman–Crippen LogP) is 6.87. The van der Waals surface area contributed by atoms with Gasteiger partial charge in [0.2, 0.25) is 0 Å². The second kappa shape index (κ2) is 10.5. The van der Waals surface area contributed by atoms with Crippen LogP contribution in [0.4, 0.5) is 0 Å². The molecule has 0 aliphatic heterocycles. The zero-order valence-corrected chi connectivity index (χ0v) is 22.7. The molecule has 0 bridgehead atoms. The molecular weight excluding hydrogens is 615 g/mol. The number of fused-ring (bicyclic) bond motifs is 2. The summed E-state index contributed by atoms with van der Waals surface area (Å²) in [4.78, 5) is 28.0. The van der Waals surface area contributed by atoms with Crippen LogP contribution in [0.3, 0.4) is 0 Å². The second-order valence-corrected chi connectivity index (χ2v) is 8.73. The van der Waals surface area contributed by atoms with Crippen LogP contribution in [-0.2, 0) is 24.9 Å². The smallest absolute Gasteiger partial charge is 0.194 e. The minimum atomic E-state index is -0.125. The van der Waals surface area contributed by atoms with Crippen molar-refractivity contribution in [2.45, 2.75) is 34.6 Å². The first-order valence-corrected chi connectivity index (χ1v) is 11.1. The van der Waals surface area contributed by atoms with E-state index >= 15 is 0 Å². The van der Waals surface area contributed by atoms with Crippen LogP contribution >= 0.6 is 0 Å². The van der Waals surface area contributed by atoms with Gasteiger partial charge in [-0.1, -0.05) is 50.2 Å². The Balaban J connectivity index is 0.000000378. The van der Waals surface area contributed by atoms with Crippen LogP contribution in [0.15, 0.2) is 66.4 Å². The monoisotopic (exact) mass is 641 g/mol. The number of ketones is 2. The van der Waals surface area contributed by atoms with E-state index in [-0.39, 0.29) is 37.4 Å². The van der Waals surface area contributed by atoms with E-state index in [2.05, 4.69) is 38.1 Å². The van der Waals surface area contributed by atoms with Crippen molar-refractivity contribution in [2.24, 2.45) is 0 Å². The molecule has 5 rings (SSSR count). The van der Waals surface area contributed by atoms with Gasteiger partial charge in [-0.3, -0.25) is 14.6 Å². The summed E-state index contributed by atoms with van der Waals surface area (Å²) in [7, 11) is 0. The van der Waals surface area contributed by atoms with Gasteiger partial charge in [0.25, 0.3) is 0 Å². The van der Waals surface area contributed by atoms with E-state index in [0.29, 0.717) is 0 Å². The fraction of sp³-hybridized carbons (Fsp3) is 0.167. The van der Waals surface area contributed by atoms with Crippen molar-refractivity contribution in [3.05, 3.63) is 100 Å². The minimum absolute atomic E-state index is 0. The van der Waals surface area contributed by atoms with E-state index in [1.807, 2.05) is 43.3 Å².